The van der Waals surface area contributed by atoms with Crippen molar-refractivity contribution in [1.82, 2.24) is 4.90 Å². The first-order valence-electron chi connectivity index (χ1n) is 11.1. The molecule has 4 nitrogen and oxygen atoms in total. The van der Waals surface area contributed by atoms with Gasteiger partial charge in [0.25, 0.3) is 5.91 Å². The minimum Gasteiger partial charge on any atom is -0.493 e. The normalized spacial score (nSPS) is 17.7. The number of carbonyl (C=O) groups excluding carboxylic acids is 1. The first-order chi connectivity index (χ1) is 15.1. The monoisotopic (exact) mass is 414 g/mol. The highest BCUT2D eigenvalue weighted by atomic mass is 16.5. The van der Waals surface area contributed by atoms with Crippen molar-refractivity contribution in [3.8, 4) is 5.75 Å². The number of ether oxygens (including phenoxy) is 1. The van der Waals surface area contributed by atoms with Crippen LogP contribution in [0, 0.1) is 0 Å². The molecule has 0 saturated heterocycles. The molecule has 0 spiro atoms. The Morgan fingerprint density at radius 3 is 2.45 bits per heavy atom. The van der Waals surface area contributed by atoms with E-state index in [0.29, 0.717) is 18.7 Å². The molecule has 160 valence electrons. The number of fused-ring (bicyclic) bond motifs is 1. The average molecular weight is 415 g/mol. The van der Waals surface area contributed by atoms with E-state index in [1.807, 2.05) is 65.6 Å². The van der Waals surface area contributed by atoms with Crippen LogP contribution in [0.25, 0.3) is 0 Å². The Bertz CT molecular complexity index is 1030. The maximum Gasteiger partial charge on any atom is 0.258 e. The van der Waals surface area contributed by atoms with Crippen LogP contribution in [0.3, 0.4) is 0 Å². The van der Waals surface area contributed by atoms with Crippen LogP contribution in [0.5, 0.6) is 5.75 Å². The number of hydrogen-bond donors (Lipinski definition) is 1. The van der Waals surface area contributed by atoms with Crippen molar-refractivity contribution in [2.24, 2.45) is 0 Å². The molecule has 0 aliphatic carbocycles. The van der Waals surface area contributed by atoms with Crippen molar-refractivity contribution >= 4 is 11.6 Å². The zero-order valence-electron chi connectivity index (χ0n) is 18.3. The Morgan fingerprint density at radius 2 is 1.65 bits per heavy atom. The second kappa shape index (κ2) is 9.25. The SMILES string of the molecule is CCCCOc1ccccc1C1(C)Nc2ccccc2C(=O)N1CCc1ccccc1. The third kappa shape index (κ3) is 4.29. The van der Waals surface area contributed by atoms with Crippen LogP contribution in [-0.2, 0) is 12.1 Å². The highest BCUT2D eigenvalue weighted by molar-refractivity contribution is 6.02. The molecule has 1 atom stereocenters. The van der Waals surface area contributed by atoms with Crippen LogP contribution in [0.2, 0.25) is 0 Å². The van der Waals surface area contributed by atoms with Crippen molar-refractivity contribution in [3.63, 3.8) is 0 Å². The van der Waals surface area contributed by atoms with Crippen molar-refractivity contribution in [2.75, 3.05) is 18.5 Å². The number of unbranched alkanes of at least 4 members (excludes halogenated alkanes) is 1. The van der Waals surface area contributed by atoms with Gasteiger partial charge in [-0.15, -0.1) is 0 Å². The van der Waals surface area contributed by atoms with Crippen LogP contribution in [0.4, 0.5) is 5.69 Å². The van der Waals surface area contributed by atoms with E-state index in [9.17, 15) is 4.79 Å². The minimum atomic E-state index is -0.719. The van der Waals surface area contributed by atoms with E-state index < -0.39 is 5.66 Å². The third-order valence-corrected chi connectivity index (χ3v) is 5.95. The lowest BCUT2D eigenvalue weighted by Gasteiger charge is -2.47. The second-order valence-corrected chi connectivity index (χ2v) is 8.13. The fourth-order valence-electron chi connectivity index (χ4n) is 4.20. The summed E-state index contributed by atoms with van der Waals surface area (Å²) >= 11 is 0. The topological polar surface area (TPSA) is 41.6 Å². The molecule has 1 heterocycles. The Balaban J connectivity index is 1.73. The molecule has 0 fully saturated rings. The molecule has 1 aliphatic rings. The number of carbonyl (C=O) groups is 1. The van der Waals surface area contributed by atoms with Gasteiger partial charge in [0, 0.05) is 17.8 Å². The number of anilines is 1. The lowest BCUT2D eigenvalue weighted by Crippen LogP contribution is -2.56. The molecule has 1 amide bonds. The summed E-state index contributed by atoms with van der Waals surface area (Å²) in [5, 5.41) is 3.66. The quantitative estimate of drug-likeness (QED) is 0.470. The second-order valence-electron chi connectivity index (χ2n) is 8.13. The minimum absolute atomic E-state index is 0.0381. The number of nitrogens with one attached hydrogen (secondary N) is 1. The van der Waals surface area contributed by atoms with Gasteiger partial charge in [-0.05, 0) is 43.5 Å². The van der Waals surface area contributed by atoms with Gasteiger partial charge in [-0.2, -0.15) is 0 Å². The molecule has 1 unspecified atom stereocenters. The molecule has 1 N–H and O–H groups in total. The smallest absolute Gasteiger partial charge is 0.258 e. The molecular formula is C27H30N2O2. The first-order valence-corrected chi connectivity index (χ1v) is 11.1. The van der Waals surface area contributed by atoms with E-state index in [4.69, 9.17) is 4.74 Å². The van der Waals surface area contributed by atoms with Crippen molar-refractivity contribution in [1.29, 1.82) is 0 Å². The van der Waals surface area contributed by atoms with Crippen molar-refractivity contribution in [3.05, 3.63) is 95.6 Å². The lowest BCUT2D eigenvalue weighted by atomic mass is 9.92. The van der Waals surface area contributed by atoms with Gasteiger partial charge in [0.15, 0.2) is 0 Å². The summed E-state index contributed by atoms with van der Waals surface area (Å²) in [6.07, 6.45) is 2.86. The maximum absolute atomic E-state index is 13.6. The van der Waals surface area contributed by atoms with Crippen LogP contribution < -0.4 is 10.1 Å². The summed E-state index contributed by atoms with van der Waals surface area (Å²) in [5.41, 5.74) is 3.03. The predicted octanol–water partition coefficient (Wildman–Crippen LogP) is 5.85. The fourth-order valence-corrected chi connectivity index (χ4v) is 4.20. The standard InChI is InChI=1S/C27H30N2O2/c1-3-4-20-31-25-17-11-9-15-23(25)27(2)28-24-16-10-8-14-22(24)26(30)29(27)19-18-21-12-6-5-7-13-21/h5-17,28H,3-4,18-20H2,1-2H3. The van der Waals surface area contributed by atoms with E-state index in [-0.39, 0.29) is 5.91 Å². The highest BCUT2D eigenvalue weighted by Crippen LogP contribution is 2.41. The molecule has 1 aliphatic heterocycles. The summed E-state index contributed by atoms with van der Waals surface area (Å²) in [6, 6.07) is 26.1. The zero-order valence-corrected chi connectivity index (χ0v) is 18.3. The summed E-state index contributed by atoms with van der Waals surface area (Å²) in [5.74, 6) is 0.860. The summed E-state index contributed by atoms with van der Waals surface area (Å²) < 4.78 is 6.15. The number of rotatable bonds is 8. The van der Waals surface area contributed by atoms with Crippen LogP contribution in [0.1, 0.15) is 48.2 Å². The van der Waals surface area contributed by atoms with E-state index in [0.717, 1.165) is 36.3 Å². The van der Waals surface area contributed by atoms with Crippen LogP contribution in [0.15, 0.2) is 78.9 Å². The Labute approximate surface area is 184 Å². The summed E-state index contributed by atoms with van der Waals surface area (Å²) in [6.45, 7) is 5.50. The first kappa shape index (κ1) is 21.0. The van der Waals surface area contributed by atoms with Crippen molar-refractivity contribution < 1.29 is 9.53 Å². The molecule has 0 bridgehead atoms. The molecule has 3 aromatic carbocycles. The summed E-state index contributed by atoms with van der Waals surface area (Å²) in [7, 11) is 0. The highest BCUT2D eigenvalue weighted by Gasteiger charge is 2.43. The number of nitrogens with zero attached hydrogens (tertiary/aromatic N) is 1. The molecule has 0 aromatic heterocycles. The molecule has 31 heavy (non-hydrogen) atoms. The van der Waals surface area contributed by atoms with Gasteiger partial charge in [-0.1, -0.05) is 74.0 Å². The number of hydrogen-bond acceptors (Lipinski definition) is 3. The Kier molecular flexibility index (Phi) is 6.26. The lowest BCUT2D eigenvalue weighted by molar-refractivity contribution is 0.0533. The Morgan fingerprint density at radius 1 is 0.935 bits per heavy atom. The summed E-state index contributed by atoms with van der Waals surface area (Å²) in [4.78, 5) is 15.6. The van der Waals surface area contributed by atoms with Gasteiger partial charge in [0.1, 0.15) is 11.4 Å². The van der Waals surface area contributed by atoms with Gasteiger partial charge in [0.05, 0.1) is 12.2 Å². The number of amides is 1. The van der Waals surface area contributed by atoms with Crippen LogP contribution in [-0.4, -0.2) is 24.0 Å². The van der Waals surface area contributed by atoms with E-state index >= 15 is 0 Å². The third-order valence-electron chi connectivity index (χ3n) is 5.95. The number of para-hydroxylation sites is 2. The molecule has 4 heteroatoms. The molecule has 0 radical (unpaired) electrons. The van der Waals surface area contributed by atoms with E-state index in [1.54, 1.807) is 0 Å². The molecule has 0 saturated carbocycles. The van der Waals surface area contributed by atoms with Gasteiger partial charge in [0.2, 0.25) is 0 Å². The largest absolute Gasteiger partial charge is 0.493 e. The zero-order chi connectivity index (χ0) is 21.7. The Hall–Kier alpha value is -3.27. The van der Waals surface area contributed by atoms with Crippen molar-refractivity contribution in [2.45, 2.75) is 38.8 Å². The van der Waals surface area contributed by atoms with E-state index in [1.165, 1.54) is 5.56 Å². The maximum atomic E-state index is 13.6. The van der Waals surface area contributed by atoms with Crippen LogP contribution >= 0.6 is 0 Å². The van der Waals surface area contributed by atoms with Gasteiger partial charge in [-0.25, -0.2) is 0 Å². The molecular weight excluding hydrogens is 384 g/mol. The molecule has 3 aromatic rings. The number of benzene rings is 3. The molecule has 4 rings (SSSR count). The fraction of sp³-hybridized carbons (Fsp3) is 0.296. The van der Waals surface area contributed by atoms with E-state index in [2.05, 4.69) is 37.4 Å². The average Bonchev–Trinajstić information content (AvgIpc) is 2.80. The predicted molar refractivity (Wildman–Crippen MR) is 125 cm³/mol. The van der Waals surface area contributed by atoms with Gasteiger partial charge >= 0.3 is 0 Å². The van der Waals surface area contributed by atoms with Gasteiger partial charge < -0.3 is 15.0 Å². The van der Waals surface area contributed by atoms with Gasteiger partial charge in [-0.3, -0.25) is 4.79 Å².